The second-order valence-corrected chi connectivity index (χ2v) is 5.27. The summed E-state index contributed by atoms with van der Waals surface area (Å²) in [4.78, 5) is 0. The van der Waals surface area contributed by atoms with Crippen LogP contribution in [-0.4, -0.2) is 6.54 Å². The Hall–Kier alpha value is -0.820. The van der Waals surface area contributed by atoms with Crippen molar-refractivity contribution in [3.05, 3.63) is 35.4 Å². The molecule has 0 heterocycles. The van der Waals surface area contributed by atoms with Crippen LogP contribution in [0.25, 0.3) is 0 Å². The zero-order valence-electron chi connectivity index (χ0n) is 11.4. The Kier molecular flexibility index (Phi) is 6.95. The maximum absolute atomic E-state index is 5.40. The zero-order chi connectivity index (χ0) is 12.5. The number of hydrogen-bond acceptors (Lipinski definition) is 1. The third-order valence-electron chi connectivity index (χ3n) is 3.45. The fourth-order valence-electron chi connectivity index (χ4n) is 2.23. The molecule has 1 aliphatic carbocycles. The van der Waals surface area contributed by atoms with Gasteiger partial charge < -0.3 is 5.73 Å². The summed E-state index contributed by atoms with van der Waals surface area (Å²) >= 11 is 0. The predicted octanol–water partition coefficient (Wildman–Crippen LogP) is 4.08. The van der Waals surface area contributed by atoms with E-state index in [9.17, 15) is 0 Å². The van der Waals surface area contributed by atoms with Crippen molar-refractivity contribution in [2.75, 3.05) is 6.54 Å². The monoisotopic (exact) mass is 233 g/mol. The van der Waals surface area contributed by atoms with Gasteiger partial charge in [-0.05, 0) is 31.4 Å². The third-order valence-corrected chi connectivity index (χ3v) is 3.45. The van der Waals surface area contributed by atoms with Crippen LogP contribution in [0.4, 0.5) is 0 Å². The van der Waals surface area contributed by atoms with Crippen LogP contribution in [0.3, 0.4) is 0 Å². The molecule has 1 heteroatoms. The molecule has 0 aliphatic heterocycles. The van der Waals surface area contributed by atoms with Gasteiger partial charge in [-0.3, -0.25) is 0 Å². The molecular weight excluding hydrogens is 206 g/mol. The van der Waals surface area contributed by atoms with Crippen LogP contribution in [0.15, 0.2) is 24.3 Å². The maximum atomic E-state index is 5.40. The molecule has 1 saturated carbocycles. The van der Waals surface area contributed by atoms with E-state index in [0.29, 0.717) is 0 Å². The first-order valence-corrected chi connectivity index (χ1v) is 6.98. The van der Waals surface area contributed by atoms with Gasteiger partial charge in [-0.1, -0.05) is 68.9 Å². The lowest BCUT2D eigenvalue weighted by Gasteiger charge is -2.15. The number of aryl methyl sites for hydroxylation is 1. The van der Waals surface area contributed by atoms with Gasteiger partial charge in [0.1, 0.15) is 0 Å². The van der Waals surface area contributed by atoms with E-state index >= 15 is 0 Å². The number of benzene rings is 1. The fourth-order valence-corrected chi connectivity index (χ4v) is 2.23. The Morgan fingerprint density at radius 1 is 1.06 bits per heavy atom. The first kappa shape index (κ1) is 14.2. The second kappa shape index (κ2) is 8.30. The average Bonchev–Trinajstić information content (AvgIpc) is 2.34. The largest absolute Gasteiger partial charge is 0.330 e. The molecule has 2 N–H and O–H groups in total. The normalized spacial score (nSPS) is 16.2. The SMILES string of the molecule is CC1CCCCC1.Cc1ccc(CCN)cc1. The van der Waals surface area contributed by atoms with Gasteiger partial charge in [0, 0.05) is 0 Å². The van der Waals surface area contributed by atoms with Crippen molar-refractivity contribution in [1.29, 1.82) is 0 Å². The molecule has 0 amide bonds. The van der Waals surface area contributed by atoms with Crippen LogP contribution in [0.1, 0.15) is 50.2 Å². The molecule has 1 aromatic carbocycles. The molecule has 0 atom stereocenters. The summed E-state index contributed by atoms with van der Waals surface area (Å²) in [6.45, 7) is 5.19. The van der Waals surface area contributed by atoms with Gasteiger partial charge in [-0.25, -0.2) is 0 Å². The summed E-state index contributed by atoms with van der Waals surface area (Å²) in [5.74, 6) is 1.04. The van der Waals surface area contributed by atoms with Crippen molar-refractivity contribution in [2.24, 2.45) is 11.7 Å². The fraction of sp³-hybridized carbons (Fsp3) is 0.625. The molecule has 0 aromatic heterocycles. The van der Waals surface area contributed by atoms with Gasteiger partial charge in [0.05, 0.1) is 0 Å². The average molecular weight is 233 g/mol. The molecule has 0 saturated heterocycles. The third kappa shape index (κ3) is 6.48. The lowest BCUT2D eigenvalue weighted by molar-refractivity contribution is 0.385. The first-order chi connectivity index (χ1) is 8.22. The van der Waals surface area contributed by atoms with Crippen molar-refractivity contribution in [3.63, 3.8) is 0 Å². The Balaban J connectivity index is 0.000000181. The Morgan fingerprint density at radius 3 is 2.06 bits per heavy atom. The van der Waals surface area contributed by atoms with Gasteiger partial charge in [0.2, 0.25) is 0 Å². The molecule has 1 nitrogen and oxygen atoms in total. The summed E-state index contributed by atoms with van der Waals surface area (Å²) in [5.41, 5.74) is 8.03. The van der Waals surface area contributed by atoms with E-state index in [1.807, 2.05) is 0 Å². The summed E-state index contributed by atoms with van der Waals surface area (Å²) in [5, 5.41) is 0. The highest BCUT2D eigenvalue weighted by Gasteiger charge is 2.05. The minimum absolute atomic E-state index is 0.739. The number of rotatable bonds is 2. The van der Waals surface area contributed by atoms with Crippen LogP contribution >= 0.6 is 0 Å². The van der Waals surface area contributed by atoms with Gasteiger partial charge in [0.15, 0.2) is 0 Å². The summed E-state index contributed by atoms with van der Waals surface area (Å²) in [7, 11) is 0. The highest BCUT2D eigenvalue weighted by molar-refractivity contribution is 5.21. The Morgan fingerprint density at radius 2 is 1.65 bits per heavy atom. The minimum atomic E-state index is 0.739. The zero-order valence-corrected chi connectivity index (χ0v) is 11.4. The van der Waals surface area contributed by atoms with Gasteiger partial charge in [0.25, 0.3) is 0 Å². The molecule has 1 aromatic rings. The van der Waals surface area contributed by atoms with Crippen molar-refractivity contribution in [3.8, 4) is 0 Å². The summed E-state index contributed by atoms with van der Waals surface area (Å²) < 4.78 is 0. The van der Waals surface area contributed by atoms with Crippen molar-refractivity contribution in [1.82, 2.24) is 0 Å². The molecule has 2 rings (SSSR count). The first-order valence-electron chi connectivity index (χ1n) is 6.98. The van der Waals surface area contributed by atoms with E-state index in [4.69, 9.17) is 5.73 Å². The highest BCUT2D eigenvalue weighted by Crippen LogP contribution is 2.22. The second-order valence-electron chi connectivity index (χ2n) is 5.27. The van der Waals surface area contributed by atoms with Crippen molar-refractivity contribution >= 4 is 0 Å². The van der Waals surface area contributed by atoms with Gasteiger partial charge in [-0.15, -0.1) is 0 Å². The Labute approximate surface area is 106 Å². The van der Waals surface area contributed by atoms with Crippen molar-refractivity contribution < 1.29 is 0 Å². The summed E-state index contributed by atoms with van der Waals surface area (Å²) in [6, 6.07) is 8.49. The van der Waals surface area contributed by atoms with Gasteiger partial charge in [-0.2, -0.15) is 0 Å². The minimum Gasteiger partial charge on any atom is -0.330 e. The lowest BCUT2D eigenvalue weighted by Crippen LogP contribution is -2.02. The molecule has 96 valence electrons. The topological polar surface area (TPSA) is 26.0 Å². The molecule has 1 aliphatic rings. The molecule has 0 radical (unpaired) electrons. The van der Waals surface area contributed by atoms with Crippen LogP contribution in [0, 0.1) is 12.8 Å². The lowest BCUT2D eigenvalue weighted by atomic mass is 9.91. The molecule has 0 spiro atoms. The highest BCUT2D eigenvalue weighted by atomic mass is 14.5. The molecule has 0 unspecified atom stereocenters. The van der Waals surface area contributed by atoms with Crippen LogP contribution < -0.4 is 5.73 Å². The summed E-state index contributed by atoms with van der Waals surface area (Å²) in [6.07, 6.45) is 8.42. The van der Waals surface area contributed by atoms with Crippen LogP contribution in [-0.2, 0) is 6.42 Å². The Bertz CT molecular complexity index is 283. The quantitative estimate of drug-likeness (QED) is 0.818. The van der Waals surface area contributed by atoms with Gasteiger partial charge >= 0.3 is 0 Å². The number of hydrogen-bond donors (Lipinski definition) is 1. The molecule has 17 heavy (non-hydrogen) atoms. The van der Waals surface area contributed by atoms with E-state index in [1.54, 1.807) is 0 Å². The van der Waals surface area contributed by atoms with Crippen LogP contribution in [0.2, 0.25) is 0 Å². The van der Waals surface area contributed by atoms with E-state index < -0.39 is 0 Å². The van der Waals surface area contributed by atoms with E-state index in [-0.39, 0.29) is 0 Å². The maximum Gasteiger partial charge on any atom is -0.00367 e. The predicted molar refractivity (Wildman–Crippen MR) is 76.2 cm³/mol. The smallest absolute Gasteiger partial charge is 0.00367 e. The molecule has 1 fully saturated rings. The van der Waals surface area contributed by atoms with E-state index in [0.717, 1.165) is 18.9 Å². The van der Waals surface area contributed by atoms with Crippen molar-refractivity contribution in [2.45, 2.75) is 52.4 Å². The standard InChI is InChI=1S/C9H13N.C7H14/c1-8-2-4-9(5-3-8)6-7-10;1-7-5-3-2-4-6-7/h2-5H,6-7,10H2,1H3;7H,2-6H2,1H3. The van der Waals surface area contributed by atoms with E-state index in [2.05, 4.69) is 38.1 Å². The number of nitrogens with two attached hydrogens (primary N) is 1. The van der Waals surface area contributed by atoms with E-state index in [1.165, 1.54) is 43.2 Å². The molecule has 0 bridgehead atoms. The molecular formula is C16H27N. The van der Waals surface area contributed by atoms with Crippen LogP contribution in [0.5, 0.6) is 0 Å².